The Morgan fingerprint density at radius 2 is 2.10 bits per heavy atom. The smallest absolute Gasteiger partial charge is 0.382 e. The van der Waals surface area contributed by atoms with Gasteiger partial charge in [-0.25, -0.2) is 0 Å². The fraction of sp³-hybridized carbons (Fsp3) is 0.500. The van der Waals surface area contributed by atoms with Gasteiger partial charge in [0.2, 0.25) is 0 Å². The Hall–Kier alpha value is -1.35. The van der Waals surface area contributed by atoms with E-state index < -0.39 is 11.7 Å². The summed E-state index contributed by atoms with van der Waals surface area (Å²) in [5.41, 5.74) is -0.452. The molecular weight excluding hydrogens is 285 g/mol. The molecule has 20 heavy (non-hydrogen) atoms. The molecule has 1 aliphatic carbocycles. The van der Waals surface area contributed by atoms with Gasteiger partial charge in [0.1, 0.15) is 0 Å². The minimum atomic E-state index is -4.41. The van der Waals surface area contributed by atoms with Crippen LogP contribution in [0.5, 0.6) is 0 Å². The quantitative estimate of drug-likeness (QED) is 0.905. The van der Waals surface area contributed by atoms with Gasteiger partial charge in [-0.05, 0) is 43.7 Å². The molecule has 2 unspecified atom stereocenters. The number of nitrogens with one attached hydrogen (secondary N) is 1. The lowest BCUT2D eigenvalue weighted by molar-refractivity contribution is -0.137. The molecule has 1 aliphatic rings. The van der Waals surface area contributed by atoms with Crippen LogP contribution in [-0.2, 0) is 6.18 Å². The lowest BCUT2D eigenvalue weighted by atomic mass is 10.1. The van der Waals surface area contributed by atoms with Gasteiger partial charge in [0.15, 0.2) is 0 Å². The Kier molecular flexibility index (Phi) is 4.48. The minimum absolute atomic E-state index is 0.0169. The second kappa shape index (κ2) is 5.96. The molecule has 1 aromatic carbocycles. The molecule has 0 aliphatic heterocycles. The molecule has 0 amide bonds. The number of benzene rings is 1. The number of halogens is 3. The van der Waals surface area contributed by atoms with Crippen LogP contribution in [0.4, 0.5) is 18.9 Å². The Bertz CT molecular complexity index is 522. The summed E-state index contributed by atoms with van der Waals surface area (Å²) in [6.07, 6.45) is 0.339. The number of thioether (sulfide) groups is 1. The summed E-state index contributed by atoms with van der Waals surface area (Å²) in [5.74, 6) is 0. The van der Waals surface area contributed by atoms with E-state index in [1.54, 1.807) is 11.8 Å². The summed E-state index contributed by atoms with van der Waals surface area (Å²) >= 11 is 1.75. The van der Waals surface area contributed by atoms with E-state index in [2.05, 4.69) is 5.32 Å². The van der Waals surface area contributed by atoms with Crippen molar-refractivity contribution in [1.82, 2.24) is 0 Å². The topological polar surface area (TPSA) is 35.8 Å². The van der Waals surface area contributed by atoms with E-state index in [-0.39, 0.29) is 17.3 Å². The second-order valence-corrected chi connectivity index (χ2v) is 6.02. The number of hydrogen-bond donors (Lipinski definition) is 1. The van der Waals surface area contributed by atoms with E-state index >= 15 is 0 Å². The van der Waals surface area contributed by atoms with Crippen LogP contribution < -0.4 is 5.32 Å². The van der Waals surface area contributed by atoms with E-state index in [0.29, 0.717) is 5.25 Å². The largest absolute Gasteiger partial charge is 0.418 e. The highest BCUT2D eigenvalue weighted by Crippen LogP contribution is 2.37. The molecule has 0 bridgehead atoms. The summed E-state index contributed by atoms with van der Waals surface area (Å²) in [6, 6.07) is 5.39. The van der Waals surface area contributed by atoms with Gasteiger partial charge in [0.05, 0.1) is 17.2 Å². The van der Waals surface area contributed by atoms with Crippen molar-refractivity contribution in [2.24, 2.45) is 0 Å². The number of hydrogen-bond acceptors (Lipinski definition) is 3. The molecule has 0 spiro atoms. The minimum Gasteiger partial charge on any atom is -0.382 e. The van der Waals surface area contributed by atoms with Crippen LogP contribution in [0.1, 0.15) is 30.4 Å². The molecule has 0 aromatic heterocycles. The van der Waals surface area contributed by atoms with Crippen molar-refractivity contribution in [3.8, 4) is 6.07 Å². The highest BCUT2D eigenvalue weighted by molar-refractivity contribution is 7.99. The summed E-state index contributed by atoms with van der Waals surface area (Å²) in [6.45, 7) is 0. The average molecular weight is 300 g/mol. The van der Waals surface area contributed by atoms with E-state index in [4.69, 9.17) is 5.26 Å². The maximum absolute atomic E-state index is 13.0. The predicted molar refractivity (Wildman–Crippen MR) is 74.7 cm³/mol. The van der Waals surface area contributed by atoms with Gasteiger partial charge in [0, 0.05) is 17.0 Å². The molecule has 2 rings (SSSR count). The Morgan fingerprint density at radius 1 is 1.35 bits per heavy atom. The van der Waals surface area contributed by atoms with Crippen LogP contribution in [-0.4, -0.2) is 17.5 Å². The summed E-state index contributed by atoms with van der Waals surface area (Å²) in [7, 11) is 0. The molecule has 1 N–H and O–H groups in total. The molecule has 0 radical (unpaired) electrons. The van der Waals surface area contributed by atoms with Gasteiger partial charge in [-0.3, -0.25) is 0 Å². The van der Waals surface area contributed by atoms with Crippen LogP contribution in [0, 0.1) is 11.3 Å². The zero-order chi connectivity index (χ0) is 14.8. The molecule has 2 atom stereocenters. The number of nitriles is 1. The van der Waals surface area contributed by atoms with Gasteiger partial charge in [0.25, 0.3) is 0 Å². The number of anilines is 1. The van der Waals surface area contributed by atoms with Gasteiger partial charge in [-0.15, -0.1) is 0 Å². The SMILES string of the molecule is CSC1CCC(Nc2cc(C#N)ccc2C(F)(F)F)C1. The van der Waals surface area contributed by atoms with Crippen LogP contribution in [0.15, 0.2) is 18.2 Å². The lowest BCUT2D eigenvalue weighted by Gasteiger charge is -2.19. The number of rotatable bonds is 3. The normalized spacial score (nSPS) is 22.6. The monoisotopic (exact) mass is 300 g/mol. The number of nitrogens with zero attached hydrogens (tertiary/aromatic N) is 1. The summed E-state index contributed by atoms with van der Waals surface area (Å²) in [4.78, 5) is 0. The predicted octanol–water partition coefficient (Wildman–Crippen LogP) is 4.27. The van der Waals surface area contributed by atoms with Crippen molar-refractivity contribution in [3.63, 3.8) is 0 Å². The van der Waals surface area contributed by atoms with Gasteiger partial charge < -0.3 is 5.32 Å². The van der Waals surface area contributed by atoms with Crippen LogP contribution in [0.25, 0.3) is 0 Å². The summed E-state index contributed by atoms with van der Waals surface area (Å²) < 4.78 is 38.9. The summed E-state index contributed by atoms with van der Waals surface area (Å²) in [5, 5.41) is 12.3. The van der Waals surface area contributed by atoms with Crippen molar-refractivity contribution in [3.05, 3.63) is 29.3 Å². The van der Waals surface area contributed by atoms with Crippen LogP contribution in [0.3, 0.4) is 0 Å². The van der Waals surface area contributed by atoms with Crippen LogP contribution in [0.2, 0.25) is 0 Å². The second-order valence-electron chi connectivity index (χ2n) is 4.88. The fourth-order valence-electron chi connectivity index (χ4n) is 2.49. The molecule has 108 valence electrons. The fourth-order valence-corrected chi connectivity index (χ4v) is 3.28. The first-order valence-corrected chi connectivity index (χ1v) is 7.63. The average Bonchev–Trinajstić information content (AvgIpc) is 2.85. The number of alkyl halides is 3. The van der Waals surface area contributed by atoms with Crippen LogP contribution >= 0.6 is 11.8 Å². The van der Waals surface area contributed by atoms with E-state index in [0.717, 1.165) is 25.3 Å². The van der Waals surface area contributed by atoms with Crippen molar-refractivity contribution >= 4 is 17.4 Å². The van der Waals surface area contributed by atoms with Crippen molar-refractivity contribution in [2.45, 2.75) is 36.7 Å². The third kappa shape index (κ3) is 3.40. The highest BCUT2D eigenvalue weighted by atomic mass is 32.2. The Balaban J connectivity index is 2.23. The van der Waals surface area contributed by atoms with E-state index in [1.165, 1.54) is 12.1 Å². The van der Waals surface area contributed by atoms with E-state index in [9.17, 15) is 13.2 Å². The molecule has 1 saturated carbocycles. The molecule has 6 heteroatoms. The van der Waals surface area contributed by atoms with Gasteiger partial charge in [-0.1, -0.05) is 0 Å². The lowest BCUT2D eigenvalue weighted by Crippen LogP contribution is -2.19. The van der Waals surface area contributed by atoms with Crippen molar-refractivity contribution in [1.29, 1.82) is 5.26 Å². The standard InChI is InChI=1S/C14H15F3N2S/c1-20-11-4-3-10(7-11)19-13-6-9(8-18)2-5-12(13)14(15,16)17/h2,5-6,10-11,19H,3-4,7H2,1H3. The van der Waals surface area contributed by atoms with Crippen molar-refractivity contribution in [2.75, 3.05) is 11.6 Å². The maximum atomic E-state index is 13.0. The maximum Gasteiger partial charge on any atom is 0.418 e. The van der Waals surface area contributed by atoms with Gasteiger partial charge >= 0.3 is 6.18 Å². The Morgan fingerprint density at radius 3 is 2.65 bits per heavy atom. The molecule has 2 nitrogen and oxygen atoms in total. The molecule has 0 saturated heterocycles. The highest BCUT2D eigenvalue weighted by Gasteiger charge is 2.34. The van der Waals surface area contributed by atoms with E-state index in [1.807, 2.05) is 12.3 Å². The third-order valence-corrected chi connectivity index (χ3v) is 4.63. The third-order valence-electron chi connectivity index (χ3n) is 3.53. The zero-order valence-electron chi connectivity index (χ0n) is 11.0. The first-order chi connectivity index (χ1) is 9.44. The zero-order valence-corrected chi connectivity index (χ0v) is 11.8. The van der Waals surface area contributed by atoms with Gasteiger partial charge in [-0.2, -0.15) is 30.2 Å². The molecular formula is C14H15F3N2S. The Labute approximate surface area is 120 Å². The first kappa shape index (κ1) is 15.0. The van der Waals surface area contributed by atoms with Crippen molar-refractivity contribution < 1.29 is 13.2 Å². The first-order valence-electron chi connectivity index (χ1n) is 6.34. The molecule has 1 fully saturated rings. The molecule has 1 aromatic rings. The molecule has 0 heterocycles.